The minimum atomic E-state index is -2.49. The first-order valence-corrected chi connectivity index (χ1v) is 10.2. The summed E-state index contributed by atoms with van der Waals surface area (Å²) in [6.07, 6.45) is -2.49. The molecule has 4 rings (SSSR count). The number of nitrogens with zero attached hydrogens (tertiary/aromatic N) is 3. The van der Waals surface area contributed by atoms with Gasteiger partial charge in [0.1, 0.15) is 12.4 Å². The highest BCUT2D eigenvalue weighted by Gasteiger charge is 2.19. The topological polar surface area (TPSA) is 82.2 Å². The molecule has 1 aromatic heterocycles. The quantitative estimate of drug-likeness (QED) is 0.342. The summed E-state index contributed by atoms with van der Waals surface area (Å²) >= 11 is 18.6. The summed E-state index contributed by atoms with van der Waals surface area (Å²) in [4.78, 5) is 4.11. The smallest absolute Gasteiger partial charge is 0.257 e. The Hall–Kier alpha value is -1.42. The van der Waals surface area contributed by atoms with E-state index in [2.05, 4.69) is 42.0 Å². The van der Waals surface area contributed by atoms with Crippen molar-refractivity contribution in [1.82, 2.24) is 9.78 Å². The van der Waals surface area contributed by atoms with Crippen LogP contribution >= 0.6 is 55.1 Å². The van der Waals surface area contributed by atoms with Crippen LogP contribution in [0.15, 0.2) is 38.2 Å². The van der Waals surface area contributed by atoms with Crippen molar-refractivity contribution in [2.45, 2.75) is 34.4 Å². The van der Waals surface area contributed by atoms with Crippen LogP contribution in [-0.4, -0.2) is 22.0 Å². The van der Waals surface area contributed by atoms with Crippen molar-refractivity contribution in [1.29, 1.82) is 0 Å². The number of amidine groups is 1. The minimum Gasteiger partial charge on any atom is -0.383 e. The average molecular weight is 588 g/mol. The predicted octanol–water partition coefficient (Wildman–Crippen LogP) is 6.89. The van der Waals surface area contributed by atoms with E-state index in [1.165, 1.54) is 0 Å². The first-order valence-electron chi connectivity index (χ1n) is 7.86. The number of fused-ring (bicyclic) bond motifs is 2. The zero-order chi connectivity index (χ0) is 20.6. The van der Waals surface area contributed by atoms with Gasteiger partial charge in [0.25, 0.3) is 6.43 Å². The van der Waals surface area contributed by atoms with E-state index in [1.54, 1.807) is 12.1 Å². The molecule has 0 saturated heterocycles. The molecule has 11 heteroatoms. The predicted molar refractivity (Wildman–Crippen MR) is 130 cm³/mol. The van der Waals surface area contributed by atoms with Crippen LogP contribution in [0.5, 0.6) is 0 Å². The van der Waals surface area contributed by atoms with E-state index in [1.807, 2.05) is 12.1 Å². The highest BCUT2D eigenvalue weighted by Crippen LogP contribution is 2.34. The number of aromatic nitrogens is 2. The third-order valence-corrected chi connectivity index (χ3v) is 6.01. The Balaban J connectivity index is 0.000000290. The number of halogens is 6. The lowest BCUT2D eigenvalue weighted by Crippen LogP contribution is -2.11. The number of benzene rings is 2. The number of hydrogen-bond donors (Lipinski definition) is 2. The van der Waals surface area contributed by atoms with Gasteiger partial charge in [0.2, 0.25) is 0 Å². The van der Waals surface area contributed by atoms with Crippen molar-refractivity contribution in [3.63, 3.8) is 0 Å². The van der Waals surface area contributed by atoms with E-state index in [0.29, 0.717) is 37.8 Å². The highest BCUT2D eigenvalue weighted by molar-refractivity contribution is 9.11. The van der Waals surface area contributed by atoms with Crippen molar-refractivity contribution in [2.24, 2.45) is 10.7 Å². The summed E-state index contributed by atoms with van der Waals surface area (Å²) in [5.74, 6) is 0.693. The van der Waals surface area contributed by atoms with Crippen molar-refractivity contribution in [2.75, 3.05) is 5.73 Å². The van der Waals surface area contributed by atoms with E-state index in [9.17, 15) is 8.78 Å². The maximum Gasteiger partial charge on any atom is 0.257 e. The van der Waals surface area contributed by atoms with Crippen LogP contribution in [-0.2, 0) is 13.1 Å². The Kier molecular flexibility index (Phi) is 9.53. The zero-order valence-electron chi connectivity index (χ0n) is 14.1. The molecule has 0 bridgehead atoms. The Morgan fingerprint density at radius 2 is 1.63 bits per heavy atom. The molecule has 2 aromatic carbocycles. The van der Waals surface area contributed by atoms with Crippen molar-refractivity contribution >= 4 is 77.6 Å². The molecule has 164 valence electrons. The number of nitrogens with two attached hydrogens (primary N) is 2. The summed E-state index contributed by atoms with van der Waals surface area (Å²) in [6, 6.07) is 7.04. The molecule has 4 N–H and O–H groups in total. The van der Waals surface area contributed by atoms with E-state index >= 15 is 0 Å². The molecule has 2 heterocycles. The highest BCUT2D eigenvalue weighted by atomic mass is 79.9. The number of alkyl halides is 2. The van der Waals surface area contributed by atoms with Crippen LogP contribution in [0.4, 0.5) is 14.6 Å². The van der Waals surface area contributed by atoms with Gasteiger partial charge in [-0.25, -0.2) is 8.78 Å². The van der Waals surface area contributed by atoms with E-state index in [-0.39, 0.29) is 20.7 Å². The van der Waals surface area contributed by atoms with Gasteiger partial charge < -0.3 is 11.5 Å². The molecule has 1 aliphatic heterocycles. The molecule has 30 heavy (non-hydrogen) atoms. The van der Waals surface area contributed by atoms with Gasteiger partial charge in [-0.3, -0.25) is 9.67 Å². The van der Waals surface area contributed by atoms with Crippen LogP contribution in [0.3, 0.4) is 0 Å². The number of rotatable bonds is 2. The lowest BCUT2D eigenvalue weighted by atomic mass is 10.1. The molecule has 0 radical (unpaired) electrons. The van der Waals surface area contributed by atoms with Crippen molar-refractivity contribution in [3.05, 3.63) is 54.4 Å². The Labute approximate surface area is 200 Å². The van der Waals surface area contributed by atoms with E-state index in [4.69, 9.17) is 34.7 Å². The molecule has 3 aromatic rings. The summed E-state index contributed by atoms with van der Waals surface area (Å²) in [6.45, 7) is 0.120. The standard InChI is InChI=1S/C9H7BrClF2N3.C8H6BrClN2.2CH4/c10-4-1-2-5(11)7-8(4)16(3-6(12)13)15-9(7)14;9-5-1-2-6(10)7-4(5)3-12-8(7)11;;/h1-2,6H,3H2,(H2,14,15);1-2H,3H2,(H2,11,12);2*1H4. The molecule has 0 saturated carbocycles. The number of anilines is 1. The molecule has 0 atom stereocenters. The SMILES string of the molecule is C.C.NC1=NCc2c(Br)ccc(Cl)c21.Nc1nn(CC(F)F)c2c(Br)ccc(Cl)c12. The van der Waals surface area contributed by atoms with Gasteiger partial charge in [-0.1, -0.05) is 54.0 Å². The van der Waals surface area contributed by atoms with Crippen LogP contribution < -0.4 is 11.5 Å². The molecule has 1 aliphatic rings. The fraction of sp³-hybridized carbons (Fsp3) is 0.263. The van der Waals surface area contributed by atoms with Gasteiger partial charge >= 0.3 is 0 Å². The second kappa shape index (κ2) is 10.7. The number of hydrogen-bond acceptors (Lipinski definition) is 4. The number of nitrogen functional groups attached to an aromatic ring is 1. The first kappa shape index (κ1) is 26.6. The molecule has 0 spiro atoms. The molecule has 5 nitrogen and oxygen atoms in total. The Morgan fingerprint density at radius 1 is 1.03 bits per heavy atom. The lowest BCUT2D eigenvalue weighted by molar-refractivity contribution is 0.123. The zero-order valence-corrected chi connectivity index (χ0v) is 18.7. The summed E-state index contributed by atoms with van der Waals surface area (Å²) < 4.78 is 27.5. The van der Waals surface area contributed by atoms with Crippen LogP contribution in [0.1, 0.15) is 26.0 Å². The van der Waals surface area contributed by atoms with Crippen LogP contribution in [0, 0.1) is 0 Å². The maximum absolute atomic E-state index is 12.3. The first-order chi connectivity index (χ1) is 13.2. The molecule has 0 unspecified atom stereocenters. The minimum absolute atomic E-state index is 0. The average Bonchev–Trinajstić information content (AvgIpc) is 3.17. The molecule has 0 amide bonds. The van der Waals surface area contributed by atoms with Gasteiger partial charge in [0, 0.05) is 20.1 Å². The fourth-order valence-electron chi connectivity index (χ4n) is 2.80. The molecular weight excluding hydrogens is 567 g/mol. The largest absolute Gasteiger partial charge is 0.383 e. The van der Waals surface area contributed by atoms with Gasteiger partial charge in [0.05, 0.1) is 27.5 Å². The third-order valence-electron chi connectivity index (χ3n) is 4.00. The van der Waals surface area contributed by atoms with Gasteiger partial charge in [-0.2, -0.15) is 5.10 Å². The molecule has 0 aliphatic carbocycles. The third kappa shape index (κ3) is 5.25. The number of aliphatic imine (C=N–C) groups is 1. The monoisotopic (exact) mass is 585 g/mol. The van der Waals surface area contributed by atoms with Crippen molar-refractivity contribution < 1.29 is 8.78 Å². The van der Waals surface area contributed by atoms with Crippen molar-refractivity contribution in [3.8, 4) is 0 Å². The summed E-state index contributed by atoms with van der Waals surface area (Å²) in [5.41, 5.74) is 13.8. The second-order valence-corrected chi connectivity index (χ2v) is 8.32. The second-order valence-electron chi connectivity index (χ2n) is 5.80. The van der Waals surface area contributed by atoms with Gasteiger partial charge in [-0.15, -0.1) is 0 Å². The summed E-state index contributed by atoms with van der Waals surface area (Å²) in [7, 11) is 0. The van der Waals surface area contributed by atoms with Gasteiger partial charge in [0.15, 0.2) is 5.82 Å². The summed E-state index contributed by atoms with van der Waals surface area (Å²) in [5, 5.41) is 5.42. The lowest BCUT2D eigenvalue weighted by Gasteiger charge is -2.03. The van der Waals surface area contributed by atoms with Crippen LogP contribution in [0.25, 0.3) is 10.9 Å². The normalized spacial score (nSPS) is 11.9. The molecule has 0 fully saturated rings. The Bertz CT molecular complexity index is 1090. The molecular formula is C19H21Br2Cl2F2N5. The van der Waals surface area contributed by atoms with E-state index in [0.717, 1.165) is 20.3 Å². The Morgan fingerprint density at radius 3 is 2.23 bits per heavy atom. The van der Waals surface area contributed by atoms with Gasteiger partial charge in [-0.05, 0) is 40.2 Å². The van der Waals surface area contributed by atoms with Crippen LogP contribution in [0.2, 0.25) is 10.0 Å². The van der Waals surface area contributed by atoms with E-state index < -0.39 is 13.0 Å². The maximum atomic E-state index is 12.3. The fourth-order valence-corrected chi connectivity index (χ4v) is 4.31.